The number of benzene rings is 1. The first-order valence-corrected chi connectivity index (χ1v) is 7.34. The van der Waals surface area contributed by atoms with Gasteiger partial charge in [-0.15, -0.1) is 11.3 Å². The van der Waals surface area contributed by atoms with Crippen LogP contribution in [0.4, 0.5) is 14.3 Å². The number of hydrogen-bond donors (Lipinski definition) is 1. The second-order valence-electron chi connectivity index (χ2n) is 4.67. The number of carbonyl (C=O) groups excluding carboxylic acids is 1. The van der Waals surface area contributed by atoms with E-state index in [-0.39, 0.29) is 17.9 Å². The number of likely N-dealkylation sites (tertiary alicyclic amines) is 1. The van der Waals surface area contributed by atoms with Crippen molar-refractivity contribution in [3.8, 4) is 0 Å². The number of thiazole rings is 1. The zero-order valence-electron chi connectivity index (χ0n) is 10.8. The van der Waals surface area contributed by atoms with E-state index >= 15 is 0 Å². The molecule has 4 nitrogen and oxygen atoms in total. The molecule has 1 aliphatic heterocycles. The molecule has 1 fully saturated rings. The number of urea groups is 1. The molecule has 3 rings (SSSR count). The lowest BCUT2D eigenvalue weighted by Gasteiger charge is -2.24. The Bertz CT molecular complexity index is 585. The first kappa shape index (κ1) is 13.1. The fourth-order valence-electron chi connectivity index (χ4n) is 2.49. The Balaban J connectivity index is 1.75. The monoisotopic (exact) mass is 291 g/mol. The van der Waals surface area contributed by atoms with E-state index in [9.17, 15) is 9.18 Å². The van der Waals surface area contributed by atoms with E-state index in [1.54, 1.807) is 23.2 Å². The van der Waals surface area contributed by atoms with Gasteiger partial charge >= 0.3 is 6.03 Å². The highest BCUT2D eigenvalue weighted by molar-refractivity contribution is 7.13. The highest BCUT2D eigenvalue weighted by Gasteiger charge is 2.30. The topological polar surface area (TPSA) is 45.2 Å². The summed E-state index contributed by atoms with van der Waals surface area (Å²) in [6, 6.07) is 6.22. The molecular formula is C14H14FN3OS. The zero-order valence-corrected chi connectivity index (χ0v) is 11.6. The number of halogens is 1. The Morgan fingerprint density at radius 3 is 2.90 bits per heavy atom. The summed E-state index contributed by atoms with van der Waals surface area (Å²) in [4.78, 5) is 18.1. The third kappa shape index (κ3) is 2.65. The van der Waals surface area contributed by atoms with Crippen LogP contribution in [0, 0.1) is 5.82 Å². The molecule has 0 saturated carbocycles. The largest absolute Gasteiger partial charge is 0.324 e. The highest BCUT2D eigenvalue weighted by Crippen LogP contribution is 2.32. The van der Waals surface area contributed by atoms with Crippen molar-refractivity contribution in [2.75, 3.05) is 11.9 Å². The molecule has 1 atom stereocenters. The molecule has 1 N–H and O–H groups in total. The van der Waals surface area contributed by atoms with Crippen LogP contribution in [0.15, 0.2) is 35.8 Å². The van der Waals surface area contributed by atoms with Crippen LogP contribution in [0.1, 0.15) is 24.4 Å². The second-order valence-corrected chi connectivity index (χ2v) is 5.56. The molecule has 1 aromatic carbocycles. The molecule has 2 aromatic rings. The van der Waals surface area contributed by atoms with Crippen LogP contribution < -0.4 is 5.32 Å². The summed E-state index contributed by atoms with van der Waals surface area (Å²) in [7, 11) is 0. The van der Waals surface area contributed by atoms with E-state index in [1.807, 2.05) is 5.38 Å². The van der Waals surface area contributed by atoms with Gasteiger partial charge in [0.2, 0.25) is 0 Å². The fourth-order valence-corrected chi connectivity index (χ4v) is 3.01. The van der Waals surface area contributed by atoms with Crippen molar-refractivity contribution in [3.63, 3.8) is 0 Å². The smallest absolute Gasteiger partial charge is 0.317 e. The standard InChI is InChI=1S/C14H14FN3OS/c15-11-5-3-10(4-6-11)12-2-1-8-18(12)14(19)17-13-16-7-9-20-13/h3-7,9,12H,1-2,8H2,(H,16,17,19). The number of carbonyl (C=O) groups is 1. The van der Waals surface area contributed by atoms with E-state index in [0.717, 1.165) is 18.4 Å². The average molecular weight is 291 g/mol. The predicted molar refractivity (Wildman–Crippen MR) is 76.2 cm³/mol. The third-order valence-corrected chi connectivity index (χ3v) is 4.10. The molecule has 6 heteroatoms. The first-order chi connectivity index (χ1) is 9.74. The number of nitrogens with zero attached hydrogens (tertiary/aromatic N) is 2. The molecule has 0 aliphatic carbocycles. The van der Waals surface area contributed by atoms with Crippen LogP contribution in [0.2, 0.25) is 0 Å². The van der Waals surface area contributed by atoms with Crippen LogP contribution in [-0.2, 0) is 0 Å². The summed E-state index contributed by atoms with van der Waals surface area (Å²) in [5.74, 6) is -0.259. The van der Waals surface area contributed by atoms with Crippen molar-refractivity contribution in [1.29, 1.82) is 0 Å². The van der Waals surface area contributed by atoms with E-state index in [2.05, 4.69) is 10.3 Å². The molecule has 0 spiro atoms. The van der Waals surface area contributed by atoms with Gasteiger partial charge in [-0.3, -0.25) is 5.32 Å². The molecule has 1 aromatic heterocycles. The van der Waals surface area contributed by atoms with Gasteiger partial charge in [-0.05, 0) is 30.5 Å². The third-order valence-electron chi connectivity index (χ3n) is 3.41. The van der Waals surface area contributed by atoms with Crippen LogP contribution in [-0.4, -0.2) is 22.5 Å². The molecule has 2 heterocycles. The van der Waals surface area contributed by atoms with Gasteiger partial charge in [-0.25, -0.2) is 14.2 Å². The maximum absolute atomic E-state index is 13.0. The van der Waals surface area contributed by atoms with Gasteiger partial charge in [0.05, 0.1) is 6.04 Å². The summed E-state index contributed by atoms with van der Waals surface area (Å²) in [5.41, 5.74) is 0.971. The Labute approximate surface area is 120 Å². The Hall–Kier alpha value is -1.95. The summed E-state index contributed by atoms with van der Waals surface area (Å²) < 4.78 is 13.0. The molecule has 0 bridgehead atoms. The van der Waals surface area contributed by atoms with Gasteiger partial charge in [0.15, 0.2) is 5.13 Å². The van der Waals surface area contributed by atoms with Crippen LogP contribution in [0.3, 0.4) is 0 Å². The van der Waals surface area contributed by atoms with Gasteiger partial charge in [-0.1, -0.05) is 12.1 Å². The van der Waals surface area contributed by atoms with Gasteiger partial charge in [0.1, 0.15) is 5.82 Å². The Kier molecular flexibility index (Phi) is 3.64. The number of amides is 2. The number of aromatic nitrogens is 1. The summed E-state index contributed by atoms with van der Waals surface area (Å²) in [5, 5.41) is 5.21. The summed E-state index contributed by atoms with van der Waals surface area (Å²) >= 11 is 1.39. The van der Waals surface area contributed by atoms with Crippen molar-refractivity contribution in [1.82, 2.24) is 9.88 Å². The quantitative estimate of drug-likeness (QED) is 0.918. The van der Waals surface area contributed by atoms with Crippen molar-refractivity contribution in [2.24, 2.45) is 0 Å². The van der Waals surface area contributed by atoms with Crippen molar-refractivity contribution < 1.29 is 9.18 Å². The molecule has 20 heavy (non-hydrogen) atoms. The SMILES string of the molecule is O=C(Nc1nccs1)N1CCCC1c1ccc(F)cc1. The van der Waals surface area contributed by atoms with Crippen LogP contribution >= 0.6 is 11.3 Å². The maximum atomic E-state index is 13.0. The van der Waals surface area contributed by atoms with Crippen LogP contribution in [0.25, 0.3) is 0 Å². The lowest BCUT2D eigenvalue weighted by molar-refractivity contribution is 0.207. The molecule has 2 amide bonds. The maximum Gasteiger partial charge on any atom is 0.324 e. The van der Waals surface area contributed by atoms with E-state index in [4.69, 9.17) is 0 Å². The predicted octanol–water partition coefficient (Wildman–Crippen LogP) is 3.65. The summed E-state index contributed by atoms with van der Waals surface area (Å²) in [6.07, 6.45) is 3.51. The van der Waals surface area contributed by atoms with E-state index < -0.39 is 0 Å². The van der Waals surface area contributed by atoms with Gasteiger partial charge in [-0.2, -0.15) is 0 Å². The zero-order chi connectivity index (χ0) is 13.9. The molecule has 1 unspecified atom stereocenters. The minimum Gasteiger partial charge on any atom is -0.317 e. The van der Waals surface area contributed by atoms with E-state index in [0.29, 0.717) is 11.7 Å². The van der Waals surface area contributed by atoms with Crippen molar-refractivity contribution in [3.05, 3.63) is 47.2 Å². The van der Waals surface area contributed by atoms with Gasteiger partial charge < -0.3 is 4.90 Å². The van der Waals surface area contributed by atoms with E-state index in [1.165, 1.54) is 23.5 Å². The molecule has 0 radical (unpaired) electrons. The minimum atomic E-state index is -0.259. The number of anilines is 1. The molecule has 104 valence electrons. The number of hydrogen-bond acceptors (Lipinski definition) is 3. The number of nitrogens with one attached hydrogen (secondary N) is 1. The van der Waals surface area contributed by atoms with Gasteiger partial charge in [0.25, 0.3) is 0 Å². The Morgan fingerprint density at radius 1 is 1.40 bits per heavy atom. The minimum absolute atomic E-state index is 0.00978. The van der Waals surface area contributed by atoms with Crippen molar-refractivity contribution >= 4 is 22.5 Å². The van der Waals surface area contributed by atoms with Crippen molar-refractivity contribution in [2.45, 2.75) is 18.9 Å². The number of rotatable bonds is 2. The highest BCUT2D eigenvalue weighted by atomic mass is 32.1. The molecule has 1 aliphatic rings. The average Bonchev–Trinajstić information content (AvgIpc) is 3.10. The van der Waals surface area contributed by atoms with Gasteiger partial charge in [0, 0.05) is 18.1 Å². The summed E-state index contributed by atoms with van der Waals surface area (Å²) in [6.45, 7) is 0.708. The normalized spacial score (nSPS) is 18.2. The molecular weight excluding hydrogens is 277 g/mol. The van der Waals surface area contributed by atoms with Crippen LogP contribution in [0.5, 0.6) is 0 Å². The fraction of sp³-hybridized carbons (Fsp3) is 0.286. The second kappa shape index (κ2) is 5.58. The first-order valence-electron chi connectivity index (χ1n) is 6.46. The lowest BCUT2D eigenvalue weighted by Crippen LogP contribution is -2.34. The molecule has 1 saturated heterocycles. The lowest BCUT2D eigenvalue weighted by atomic mass is 10.0. The Morgan fingerprint density at radius 2 is 2.20 bits per heavy atom.